The molecule has 1 fully saturated rings. The summed E-state index contributed by atoms with van der Waals surface area (Å²) in [4.78, 5) is 6.81. The van der Waals surface area contributed by atoms with Crippen LogP contribution in [0.5, 0.6) is 5.88 Å². The van der Waals surface area contributed by atoms with Gasteiger partial charge in [0.15, 0.2) is 5.11 Å². The number of likely N-dealkylation sites (tertiary alicyclic amines) is 1. The molecule has 5 nitrogen and oxygen atoms in total. The third-order valence-electron chi connectivity index (χ3n) is 5.17. The summed E-state index contributed by atoms with van der Waals surface area (Å²) in [5, 5.41) is 7.78. The molecule has 0 atom stereocenters. The number of pyridine rings is 1. The minimum absolute atomic E-state index is 0.481. The molecule has 7 heteroatoms. The lowest BCUT2D eigenvalue weighted by Gasteiger charge is -2.26. The molecule has 0 unspecified atom stereocenters. The fourth-order valence-corrected chi connectivity index (χ4v) is 3.93. The molecule has 166 valence electrons. The zero-order valence-corrected chi connectivity index (χ0v) is 19.4. The lowest BCUT2D eigenvalue weighted by Crippen LogP contribution is -2.36. The summed E-state index contributed by atoms with van der Waals surface area (Å²) in [6, 6.07) is 12.0. The number of benzene rings is 1. The van der Waals surface area contributed by atoms with Crippen LogP contribution in [0.2, 0.25) is 5.02 Å². The topological polar surface area (TPSA) is 49.4 Å². The van der Waals surface area contributed by atoms with Gasteiger partial charge in [-0.05, 0) is 73.9 Å². The van der Waals surface area contributed by atoms with E-state index in [1.165, 1.54) is 37.9 Å². The highest BCUT2D eigenvalue weighted by molar-refractivity contribution is 7.80. The maximum Gasteiger partial charge on any atom is 0.213 e. The Morgan fingerprint density at radius 1 is 1.13 bits per heavy atom. The van der Waals surface area contributed by atoms with Crippen LogP contribution in [0.25, 0.3) is 0 Å². The third kappa shape index (κ3) is 8.85. The first-order valence-corrected chi connectivity index (χ1v) is 11.7. The van der Waals surface area contributed by atoms with Gasteiger partial charge in [-0.3, -0.25) is 4.90 Å². The van der Waals surface area contributed by atoms with Gasteiger partial charge in [-0.15, -0.1) is 0 Å². The van der Waals surface area contributed by atoms with Gasteiger partial charge >= 0.3 is 0 Å². The summed E-state index contributed by atoms with van der Waals surface area (Å²) in [5.41, 5.74) is 2.37. The molecule has 0 bridgehead atoms. The molecule has 2 aromatic rings. The van der Waals surface area contributed by atoms with Crippen molar-refractivity contribution in [3.05, 3.63) is 70.9 Å². The van der Waals surface area contributed by atoms with E-state index in [0.717, 1.165) is 30.1 Å². The van der Waals surface area contributed by atoms with E-state index >= 15 is 0 Å². The lowest BCUT2D eigenvalue weighted by atomic mass is 10.1. The summed E-state index contributed by atoms with van der Waals surface area (Å²) in [5.74, 6) is 0.670. The number of ether oxygens (including phenoxy) is 1. The molecule has 3 rings (SSSR count). The lowest BCUT2D eigenvalue weighted by molar-refractivity contribution is 0.220. The molecule has 1 aliphatic rings. The average Bonchev–Trinajstić information content (AvgIpc) is 2.78. The number of thiocarbonyl (C=S) groups is 1. The summed E-state index contributed by atoms with van der Waals surface area (Å²) in [6.07, 6.45) is 10.6. The molecule has 1 aromatic carbocycles. The molecule has 0 saturated carbocycles. The van der Waals surface area contributed by atoms with Crippen LogP contribution >= 0.6 is 23.8 Å². The molecule has 0 spiro atoms. The van der Waals surface area contributed by atoms with E-state index in [0.29, 0.717) is 24.1 Å². The smallest absolute Gasteiger partial charge is 0.213 e. The van der Waals surface area contributed by atoms with Crippen LogP contribution in [0.15, 0.2) is 54.7 Å². The van der Waals surface area contributed by atoms with Crippen molar-refractivity contribution in [2.24, 2.45) is 0 Å². The van der Waals surface area contributed by atoms with Crippen LogP contribution in [-0.4, -0.2) is 47.8 Å². The van der Waals surface area contributed by atoms with Gasteiger partial charge < -0.3 is 15.4 Å². The van der Waals surface area contributed by atoms with Crippen molar-refractivity contribution in [1.82, 2.24) is 20.5 Å². The summed E-state index contributed by atoms with van der Waals surface area (Å²) >= 11 is 11.5. The largest absolute Gasteiger partial charge is 0.473 e. The molecular formula is C24H31ClN4OS. The summed E-state index contributed by atoms with van der Waals surface area (Å²) in [6.45, 7) is 5.20. The van der Waals surface area contributed by atoms with Crippen molar-refractivity contribution in [2.75, 3.05) is 32.8 Å². The number of halogens is 1. The molecule has 0 aliphatic carbocycles. The van der Waals surface area contributed by atoms with Gasteiger partial charge in [-0.2, -0.15) is 0 Å². The van der Waals surface area contributed by atoms with Gasteiger partial charge in [0.2, 0.25) is 5.88 Å². The van der Waals surface area contributed by atoms with Crippen molar-refractivity contribution < 1.29 is 4.74 Å². The molecule has 0 amide bonds. The second-order valence-corrected chi connectivity index (χ2v) is 8.42. The molecule has 31 heavy (non-hydrogen) atoms. The van der Waals surface area contributed by atoms with E-state index < -0.39 is 0 Å². The molecule has 2 heterocycles. The Hall–Kier alpha value is -2.15. The fraction of sp³-hybridized carbons (Fsp3) is 0.417. The highest BCUT2D eigenvalue weighted by Crippen LogP contribution is 2.16. The molecule has 1 aliphatic heterocycles. The highest BCUT2D eigenvalue weighted by Gasteiger charge is 2.10. The second kappa shape index (κ2) is 13.3. The average molecular weight is 459 g/mol. The molecule has 0 radical (unpaired) electrons. The van der Waals surface area contributed by atoms with Gasteiger partial charge in [0.25, 0.3) is 0 Å². The Kier molecular flexibility index (Phi) is 10.1. The third-order valence-corrected chi connectivity index (χ3v) is 5.82. The monoisotopic (exact) mass is 458 g/mol. The van der Waals surface area contributed by atoms with E-state index in [1.807, 2.05) is 48.7 Å². The first-order valence-electron chi connectivity index (χ1n) is 10.9. The molecule has 2 N–H and O–H groups in total. The van der Waals surface area contributed by atoms with Crippen molar-refractivity contribution in [2.45, 2.75) is 32.2 Å². The quantitative estimate of drug-likeness (QED) is 0.407. The standard InChI is InChI=1S/C24H31ClN4OS/c25-22-9-3-2-8-21(22)11-14-28-24(31)27-12-4-7-17-30-23-18-20(10-13-26-23)19-29-15-5-1-6-16-29/h2-4,7-10,13,18H,1,5-6,11-12,14-17,19H2,(H2,27,28,31)/b7-4-. The summed E-state index contributed by atoms with van der Waals surface area (Å²) in [7, 11) is 0. The normalized spacial score (nSPS) is 14.5. The number of nitrogens with zero attached hydrogens (tertiary/aromatic N) is 2. The van der Waals surface area contributed by atoms with E-state index in [-0.39, 0.29) is 0 Å². The predicted molar refractivity (Wildman–Crippen MR) is 132 cm³/mol. The fourth-order valence-electron chi connectivity index (χ4n) is 3.51. The summed E-state index contributed by atoms with van der Waals surface area (Å²) < 4.78 is 5.76. The number of hydrogen-bond acceptors (Lipinski definition) is 4. The second-order valence-electron chi connectivity index (χ2n) is 7.60. The van der Waals surface area contributed by atoms with Crippen LogP contribution < -0.4 is 15.4 Å². The van der Waals surface area contributed by atoms with Gasteiger partial charge in [-0.25, -0.2) is 4.98 Å². The van der Waals surface area contributed by atoms with Gasteiger partial charge in [0.1, 0.15) is 6.61 Å². The van der Waals surface area contributed by atoms with Gasteiger partial charge in [0.05, 0.1) is 0 Å². The maximum atomic E-state index is 6.16. The minimum Gasteiger partial charge on any atom is -0.473 e. The van der Waals surface area contributed by atoms with E-state index in [9.17, 15) is 0 Å². The number of aromatic nitrogens is 1. The first kappa shape index (κ1) is 23.5. The Balaban J connectivity index is 1.28. The first-order chi connectivity index (χ1) is 15.2. The van der Waals surface area contributed by atoms with E-state index in [2.05, 4.69) is 26.6 Å². The van der Waals surface area contributed by atoms with E-state index in [4.69, 9.17) is 28.6 Å². The zero-order valence-electron chi connectivity index (χ0n) is 17.9. The Morgan fingerprint density at radius 3 is 2.81 bits per heavy atom. The Morgan fingerprint density at radius 2 is 1.97 bits per heavy atom. The number of rotatable bonds is 10. The molecular weight excluding hydrogens is 428 g/mol. The SMILES string of the molecule is S=C(NC/C=C\COc1cc(CN2CCCCC2)ccn1)NCCc1ccccc1Cl. The van der Waals surface area contributed by atoms with Gasteiger partial charge in [0, 0.05) is 36.9 Å². The van der Waals surface area contributed by atoms with Crippen LogP contribution in [0, 0.1) is 0 Å². The van der Waals surface area contributed by atoms with Crippen molar-refractivity contribution in [3.8, 4) is 5.88 Å². The van der Waals surface area contributed by atoms with Crippen molar-refractivity contribution in [1.29, 1.82) is 0 Å². The maximum absolute atomic E-state index is 6.16. The Labute approximate surface area is 195 Å². The predicted octanol–water partition coefficient (Wildman–Crippen LogP) is 4.36. The van der Waals surface area contributed by atoms with Crippen molar-refractivity contribution >= 4 is 28.9 Å². The van der Waals surface area contributed by atoms with E-state index in [1.54, 1.807) is 0 Å². The number of nitrogens with one attached hydrogen (secondary N) is 2. The van der Waals surface area contributed by atoms with Crippen LogP contribution in [0.3, 0.4) is 0 Å². The van der Waals surface area contributed by atoms with Crippen LogP contribution in [-0.2, 0) is 13.0 Å². The molecule has 1 aromatic heterocycles. The van der Waals surface area contributed by atoms with Crippen LogP contribution in [0.1, 0.15) is 30.4 Å². The molecule has 1 saturated heterocycles. The number of piperidine rings is 1. The number of hydrogen-bond donors (Lipinski definition) is 2. The minimum atomic E-state index is 0.481. The zero-order chi connectivity index (χ0) is 21.7. The Bertz CT molecular complexity index is 855. The van der Waals surface area contributed by atoms with Crippen LogP contribution in [0.4, 0.5) is 0 Å². The van der Waals surface area contributed by atoms with Crippen molar-refractivity contribution in [3.63, 3.8) is 0 Å². The van der Waals surface area contributed by atoms with Gasteiger partial charge in [-0.1, -0.05) is 42.3 Å². The highest BCUT2D eigenvalue weighted by atomic mass is 35.5.